The smallest absolute Gasteiger partial charge is 0.217 e. The van der Waals surface area contributed by atoms with Crippen molar-refractivity contribution in [2.24, 2.45) is 0 Å². The Kier molecular flexibility index (Phi) is 12.0. The Morgan fingerprint density at radius 3 is 2.12 bits per heavy atom. The molecular formula is C19H37NO6. The van der Waals surface area contributed by atoms with Crippen molar-refractivity contribution < 1.29 is 29.6 Å². The van der Waals surface area contributed by atoms with E-state index in [9.17, 15) is 20.1 Å². The normalized spacial score (nSPS) is 28.9. The van der Waals surface area contributed by atoms with Gasteiger partial charge >= 0.3 is 0 Å². The van der Waals surface area contributed by atoms with E-state index in [1.165, 1.54) is 45.4 Å². The minimum atomic E-state index is -1.27. The van der Waals surface area contributed by atoms with Crippen molar-refractivity contribution >= 4 is 5.91 Å². The number of amides is 1. The van der Waals surface area contributed by atoms with E-state index < -0.39 is 37.3 Å². The molecule has 1 heterocycles. The molecule has 0 saturated carbocycles. The van der Waals surface area contributed by atoms with Crippen LogP contribution in [0.3, 0.4) is 0 Å². The van der Waals surface area contributed by atoms with Gasteiger partial charge in [0.2, 0.25) is 5.91 Å². The van der Waals surface area contributed by atoms with Gasteiger partial charge in [-0.15, -0.1) is 0 Å². The maximum Gasteiger partial charge on any atom is 0.217 e. The van der Waals surface area contributed by atoms with Gasteiger partial charge in [0.25, 0.3) is 0 Å². The Balaban J connectivity index is 2.28. The van der Waals surface area contributed by atoms with E-state index in [0.29, 0.717) is 6.61 Å². The fourth-order valence-corrected chi connectivity index (χ4v) is 3.23. The molecule has 0 radical (unpaired) electrons. The predicted molar refractivity (Wildman–Crippen MR) is 98.5 cm³/mol. The first kappa shape index (κ1) is 23.3. The van der Waals surface area contributed by atoms with Crippen molar-refractivity contribution in [2.75, 3.05) is 13.2 Å². The van der Waals surface area contributed by atoms with Crippen molar-refractivity contribution in [1.82, 2.24) is 5.32 Å². The molecule has 1 rings (SSSR count). The second-order valence-electron chi connectivity index (χ2n) is 7.13. The van der Waals surface area contributed by atoms with Gasteiger partial charge in [0.15, 0.2) is 6.29 Å². The number of hydrogen-bond donors (Lipinski definition) is 4. The van der Waals surface area contributed by atoms with Gasteiger partial charge in [-0.1, -0.05) is 58.3 Å². The first-order valence-corrected chi connectivity index (χ1v) is 10.0. The lowest BCUT2D eigenvalue weighted by Gasteiger charge is -2.42. The SMILES string of the molecule is CCCCCCCCCCCO[C@@H]1O[C@H](CO)[C@@H](O)[C@H](O)[C@H]1NC(C)=O. The number of aliphatic hydroxyl groups excluding tert-OH is 3. The molecule has 1 aliphatic heterocycles. The van der Waals surface area contributed by atoms with Crippen LogP contribution in [0.15, 0.2) is 0 Å². The van der Waals surface area contributed by atoms with Crippen LogP contribution in [-0.2, 0) is 14.3 Å². The minimum Gasteiger partial charge on any atom is -0.394 e. The summed E-state index contributed by atoms with van der Waals surface area (Å²) < 4.78 is 11.2. The molecule has 0 spiro atoms. The van der Waals surface area contributed by atoms with E-state index in [1.807, 2.05) is 0 Å². The molecule has 0 aliphatic carbocycles. The number of ether oxygens (including phenoxy) is 2. The van der Waals surface area contributed by atoms with E-state index in [1.54, 1.807) is 0 Å². The number of carbonyl (C=O) groups is 1. The second kappa shape index (κ2) is 13.4. The van der Waals surface area contributed by atoms with Crippen molar-refractivity contribution in [3.8, 4) is 0 Å². The minimum absolute atomic E-state index is 0.344. The number of aliphatic hydroxyl groups is 3. The molecule has 1 fully saturated rings. The number of unbranched alkanes of at least 4 members (excludes halogenated alkanes) is 8. The number of nitrogens with one attached hydrogen (secondary N) is 1. The molecular weight excluding hydrogens is 338 g/mol. The predicted octanol–water partition coefficient (Wildman–Crippen LogP) is 1.48. The fourth-order valence-electron chi connectivity index (χ4n) is 3.23. The molecule has 1 aliphatic rings. The van der Waals surface area contributed by atoms with Crippen molar-refractivity contribution in [2.45, 2.75) is 102 Å². The molecule has 26 heavy (non-hydrogen) atoms. The van der Waals surface area contributed by atoms with Crippen molar-refractivity contribution in [3.63, 3.8) is 0 Å². The summed E-state index contributed by atoms with van der Waals surface area (Å²) in [6, 6.07) is -0.858. The maximum atomic E-state index is 11.3. The summed E-state index contributed by atoms with van der Waals surface area (Å²) in [4.78, 5) is 11.3. The lowest BCUT2D eigenvalue weighted by molar-refractivity contribution is -0.270. The van der Waals surface area contributed by atoms with E-state index >= 15 is 0 Å². The van der Waals surface area contributed by atoms with E-state index in [4.69, 9.17) is 9.47 Å². The van der Waals surface area contributed by atoms with Crippen LogP contribution in [-0.4, -0.2) is 65.1 Å². The van der Waals surface area contributed by atoms with Crippen LogP contribution in [0.2, 0.25) is 0 Å². The molecule has 7 nitrogen and oxygen atoms in total. The largest absolute Gasteiger partial charge is 0.394 e. The molecule has 5 atom stereocenters. The zero-order valence-corrected chi connectivity index (χ0v) is 16.2. The summed E-state index contributed by atoms with van der Waals surface area (Å²) in [7, 11) is 0. The summed E-state index contributed by atoms with van der Waals surface area (Å²) in [5.41, 5.74) is 0. The van der Waals surface area contributed by atoms with Crippen LogP contribution in [0.1, 0.15) is 71.6 Å². The molecule has 0 unspecified atom stereocenters. The second-order valence-corrected chi connectivity index (χ2v) is 7.13. The molecule has 1 saturated heterocycles. The zero-order valence-electron chi connectivity index (χ0n) is 16.2. The first-order chi connectivity index (χ1) is 12.5. The van der Waals surface area contributed by atoms with Crippen LogP contribution in [0.4, 0.5) is 0 Å². The fraction of sp³-hybridized carbons (Fsp3) is 0.947. The molecule has 0 aromatic carbocycles. The summed E-state index contributed by atoms with van der Waals surface area (Å²) in [6.07, 6.45) is 6.47. The Morgan fingerprint density at radius 2 is 1.58 bits per heavy atom. The highest BCUT2D eigenvalue weighted by Gasteiger charge is 2.45. The van der Waals surface area contributed by atoms with Gasteiger partial charge in [-0.3, -0.25) is 4.79 Å². The summed E-state index contributed by atoms with van der Waals surface area (Å²) >= 11 is 0. The van der Waals surface area contributed by atoms with E-state index in [2.05, 4.69) is 12.2 Å². The van der Waals surface area contributed by atoms with Gasteiger partial charge in [0, 0.05) is 13.5 Å². The van der Waals surface area contributed by atoms with Crippen LogP contribution in [0.25, 0.3) is 0 Å². The standard InChI is InChI=1S/C19H37NO6/c1-3-4-5-6-7-8-9-10-11-12-25-19-16(20-14(2)22)18(24)17(23)15(13-21)26-19/h15-19,21,23-24H,3-13H2,1-2H3,(H,20,22)/t15-,16-,17-,18-,19-/m1/s1. The van der Waals surface area contributed by atoms with Gasteiger partial charge in [0.05, 0.1) is 6.61 Å². The van der Waals surface area contributed by atoms with Gasteiger partial charge < -0.3 is 30.1 Å². The molecule has 0 aromatic rings. The highest BCUT2D eigenvalue weighted by molar-refractivity contribution is 5.73. The average molecular weight is 376 g/mol. The average Bonchev–Trinajstić information content (AvgIpc) is 2.62. The van der Waals surface area contributed by atoms with E-state index in [-0.39, 0.29) is 5.91 Å². The molecule has 0 aromatic heterocycles. The highest BCUT2D eigenvalue weighted by atomic mass is 16.7. The lowest BCUT2D eigenvalue weighted by atomic mass is 9.97. The third-order valence-corrected chi connectivity index (χ3v) is 4.78. The van der Waals surface area contributed by atoms with E-state index in [0.717, 1.165) is 19.3 Å². The number of carbonyl (C=O) groups excluding carboxylic acids is 1. The lowest BCUT2D eigenvalue weighted by Crippen LogP contribution is -2.64. The number of hydrogen-bond acceptors (Lipinski definition) is 6. The van der Waals surface area contributed by atoms with Gasteiger partial charge in [-0.25, -0.2) is 0 Å². The molecule has 7 heteroatoms. The third-order valence-electron chi connectivity index (χ3n) is 4.78. The quantitative estimate of drug-likeness (QED) is 0.363. The Morgan fingerprint density at radius 1 is 1.00 bits per heavy atom. The topological polar surface area (TPSA) is 108 Å². The van der Waals surface area contributed by atoms with Gasteiger partial charge in [0.1, 0.15) is 24.4 Å². The Labute approximate surface area is 157 Å². The van der Waals surface area contributed by atoms with Crippen molar-refractivity contribution in [3.05, 3.63) is 0 Å². The first-order valence-electron chi connectivity index (χ1n) is 10.0. The maximum absolute atomic E-state index is 11.3. The summed E-state index contributed by atoms with van der Waals surface area (Å²) in [5, 5.41) is 32.0. The van der Waals surface area contributed by atoms with Crippen LogP contribution in [0, 0.1) is 0 Å². The third kappa shape index (κ3) is 8.31. The summed E-state index contributed by atoms with van der Waals surface area (Å²) in [6.45, 7) is 3.56. The molecule has 0 bridgehead atoms. The molecule has 1 amide bonds. The monoisotopic (exact) mass is 375 g/mol. The van der Waals surface area contributed by atoms with Crippen LogP contribution in [0.5, 0.6) is 0 Å². The highest BCUT2D eigenvalue weighted by Crippen LogP contribution is 2.22. The van der Waals surface area contributed by atoms with Crippen molar-refractivity contribution in [1.29, 1.82) is 0 Å². The van der Waals surface area contributed by atoms with Gasteiger partial charge in [-0.05, 0) is 6.42 Å². The molecule has 154 valence electrons. The van der Waals surface area contributed by atoms with Crippen LogP contribution >= 0.6 is 0 Å². The Hall–Kier alpha value is -0.730. The van der Waals surface area contributed by atoms with Gasteiger partial charge in [-0.2, -0.15) is 0 Å². The summed E-state index contributed by atoms with van der Waals surface area (Å²) in [5.74, 6) is -0.344. The molecule has 4 N–H and O–H groups in total. The Bertz CT molecular complexity index is 381. The van der Waals surface area contributed by atoms with Crippen LogP contribution < -0.4 is 5.32 Å². The number of rotatable bonds is 13. The zero-order chi connectivity index (χ0) is 19.4.